The summed E-state index contributed by atoms with van der Waals surface area (Å²) in [5, 5.41) is 0. The summed E-state index contributed by atoms with van der Waals surface area (Å²) in [6.45, 7) is 5.26. The van der Waals surface area contributed by atoms with Crippen LogP contribution in [-0.2, 0) is 6.42 Å². The summed E-state index contributed by atoms with van der Waals surface area (Å²) < 4.78 is 18.9. The predicted octanol–water partition coefficient (Wildman–Crippen LogP) is 3.83. The molecule has 0 aliphatic carbocycles. The highest BCUT2D eigenvalue weighted by molar-refractivity contribution is 6.07. The van der Waals surface area contributed by atoms with Crippen LogP contribution in [-0.4, -0.2) is 5.78 Å². The number of halogens is 1. The highest BCUT2D eigenvalue weighted by Crippen LogP contribution is 2.19. The SMILES string of the molecule is CCc1ccc(C(=O)c2cc(C)c(F)c(C)c2)o1. The van der Waals surface area contributed by atoms with Crippen LogP contribution in [0, 0.1) is 19.7 Å². The minimum Gasteiger partial charge on any atom is -0.458 e. The first-order valence-electron chi connectivity index (χ1n) is 5.93. The molecule has 18 heavy (non-hydrogen) atoms. The fraction of sp³-hybridized carbons (Fsp3) is 0.267. The zero-order valence-electron chi connectivity index (χ0n) is 10.7. The van der Waals surface area contributed by atoms with Crippen LogP contribution in [0.3, 0.4) is 0 Å². The molecule has 0 bridgehead atoms. The van der Waals surface area contributed by atoms with Gasteiger partial charge in [0.1, 0.15) is 11.6 Å². The fourth-order valence-electron chi connectivity index (χ4n) is 1.91. The van der Waals surface area contributed by atoms with Crippen molar-refractivity contribution in [1.29, 1.82) is 0 Å². The number of carbonyl (C=O) groups excluding carboxylic acids is 1. The van der Waals surface area contributed by atoms with Crippen molar-refractivity contribution >= 4 is 5.78 Å². The molecule has 0 radical (unpaired) electrons. The Morgan fingerprint density at radius 2 is 1.83 bits per heavy atom. The van der Waals surface area contributed by atoms with Crippen molar-refractivity contribution < 1.29 is 13.6 Å². The van der Waals surface area contributed by atoms with Gasteiger partial charge >= 0.3 is 0 Å². The van der Waals surface area contributed by atoms with E-state index in [1.165, 1.54) is 0 Å². The van der Waals surface area contributed by atoms with Gasteiger partial charge in [-0.15, -0.1) is 0 Å². The van der Waals surface area contributed by atoms with Crippen LogP contribution in [0.2, 0.25) is 0 Å². The van der Waals surface area contributed by atoms with Crippen molar-refractivity contribution in [3.8, 4) is 0 Å². The molecule has 0 unspecified atom stereocenters. The van der Waals surface area contributed by atoms with Crippen LogP contribution < -0.4 is 0 Å². The maximum absolute atomic E-state index is 13.5. The second-order valence-corrected chi connectivity index (χ2v) is 4.37. The van der Waals surface area contributed by atoms with E-state index in [-0.39, 0.29) is 11.6 Å². The summed E-state index contributed by atoms with van der Waals surface area (Å²) in [5.74, 6) is 0.604. The minimum atomic E-state index is -0.264. The van der Waals surface area contributed by atoms with Gasteiger partial charge in [-0.25, -0.2) is 4.39 Å². The Bertz CT molecular complexity index is 573. The zero-order valence-corrected chi connectivity index (χ0v) is 10.7. The molecule has 3 heteroatoms. The average Bonchev–Trinajstić information content (AvgIpc) is 2.83. The van der Waals surface area contributed by atoms with Crippen molar-refractivity contribution in [3.63, 3.8) is 0 Å². The second-order valence-electron chi connectivity index (χ2n) is 4.37. The first-order chi connectivity index (χ1) is 8.52. The summed E-state index contributed by atoms with van der Waals surface area (Å²) >= 11 is 0. The van der Waals surface area contributed by atoms with Crippen LogP contribution in [0.4, 0.5) is 4.39 Å². The molecule has 0 N–H and O–H groups in total. The first-order valence-corrected chi connectivity index (χ1v) is 5.93. The van der Waals surface area contributed by atoms with E-state index in [9.17, 15) is 9.18 Å². The molecule has 94 valence electrons. The third-order valence-electron chi connectivity index (χ3n) is 2.93. The number of benzene rings is 1. The predicted molar refractivity (Wildman–Crippen MR) is 67.4 cm³/mol. The molecule has 0 saturated carbocycles. The number of hydrogen-bond acceptors (Lipinski definition) is 2. The number of hydrogen-bond donors (Lipinski definition) is 0. The van der Waals surface area contributed by atoms with Gasteiger partial charge in [-0.2, -0.15) is 0 Å². The number of rotatable bonds is 3. The van der Waals surface area contributed by atoms with Crippen molar-refractivity contribution in [3.05, 3.63) is 58.3 Å². The third-order valence-corrected chi connectivity index (χ3v) is 2.93. The molecule has 2 aromatic rings. The lowest BCUT2D eigenvalue weighted by Crippen LogP contribution is -2.02. The monoisotopic (exact) mass is 246 g/mol. The van der Waals surface area contributed by atoms with E-state index >= 15 is 0 Å². The topological polar surface area (TPSA) is 30.2 Å². The molecule has 0 aliphatic rings. The van der Waals surface area contributed by atoms with Crippen LogP contribution in [0.5, 0.6) is 0 Å². The van der Waals surface area contributed by atoms with Gasteiger partial charge in [0.2, 0.25) is 5.78 Å². The smallest absolute Gasteiger partial charge is 0.228 e. The van der Waals surface area contributed by atoms with Crippen molar-refractivity contribution in [2.75, 3.05) is 0 Å². The van der Waals surface area contributed by atoms with Crippen molar-refractivity contribution in [1.82, 2.24) is 0 Å². The number of ketones is 1. The molecule has 2 rings (SSSR count). The highest BCUT2D eigenvalue weighted by atomic mass is 19.1. The molecule has 0 atom stereocenters. The van der Waals surface area contributed by atoms with E-state index in [0.29, 0.717) is 22.5 Å². The number of aryl methyl sites for hydroxylation is 3. The molecule has 0 fully saturated rings. The van der Waals surface area contributed by atoms with E-state index in [4.69, 9.17) is 4.42 Å². The summed E-state index contributed by atoms with van der Waals surface area (Å²) in [6, 6.07) is 6.56. The normalized spacial score (nSPS) is 10.7. The molecule has 1 aromatic carbocycles. The molecular weight excluding hydrogens is 231 g/mol. The Balaban J connectivity index is 2.40. The molecule has 0 saturated heterocycles. The Hall–Kier alpha value is -1.90. The maximum Gasteiger partial charge on any atom is 0.228 e. The van der Waals surface area contributed by atoms with Crippen LogP contribution in [0.15, 0.2) is 28.7 Å². The van der Waals surface area contributed by atoms with Gasteiger partial charge < -0.3 is 4.42 Å². The average molecular weight is 246 g/mol. The maximum atomic E-state index is 13.5. The Labute approximate surface area is 105 Å². The molecular formula is C15H15FO2. The molecule has 2 nitrogen and oxygen atoms in total. The minimum absolute atomic E-state index is 0.207. The molecule has 0 spiro atoms. The quantitative estimate of drug-likeness (QED) is 0.770. The van der Waals surface area contributed by atoms with E-state index < -0.39 is 0 Å². The van der Waals surface area contributed by atoms with Crippen molar-refractivity contribution in [2.45, 2.75) is 27.2 Å². The molecule has 1 heterocycles. The van der Waals surface area contributed by atoms with Crippen LogP contribution in [0.25, 0.3) is 0 Å². The third kappa shape index (κ3) is 2.21. The van der Waals surface area contributed by atoms with Crippen LogP contribution >= 0.6 is 0 Å². The summed E-state index contributed by atoms with van der Waals surface area (Å²) in [4.78, 5) is 12.2. The van der Waals surface area contributed by atoms with Gasteiger partial charge in [-0.3, -0.25) is 4.79 Å². The van der Waals surface area contributed by atoms with Crippen molar-refractivity contribution in [2.24, 2.45) is 0 Å². The highest BCUT2D eigenvalue weighted by Gasteiger charge is 2.15. The largest absolute Gasteiger partial charge is 0.458 e. The zero-order chi connectivity index (χ0) is 13.3. The Morgan fingerprint density at radius 1 is 1.22 bits per heavy atom. The summed E-state index contributed by atoms with van der Waals surface area (Å²) in [6.07, 6.45) is 0.745. The molecule has 0 aliphatic heterocycles. The first kappa shape index (κ1) is 12.6. The van der Waals surface area contributed by atoms with E-state index in [1.807, 2.05) is 6.92 Å². The fourth-order valence-corrected chi connectivity index (χ4v) is 1.91. The number of furan rings is 1. The van der Waals surface area contributed by atoms with E-state index in [0.717, 1.165) is 12.2 Å². The molecule has 1 aromatic heterocycles. The van der Waals surface area contributed by atoms with Gasteiger partial charge in [-0.1, -0.05) is 6.92 Å². The Kier molecular flexibility index (Phi) is 3.32. The van der Waals surface area contributed by atoms with Crippen LogP contribution in [0.1, 0.15) is 39.9 Å². The summed E-state index contributed by atoms with van der Waals surface area (Å²) in [5.41, 5.74) is 1.41. The van der Waals surface area contributed by atoms with E-state index in [2.05, 4.69) is 0 Å². The molecule has 0 amide bonds. The lowest BCUT2D eigenvalue weighted by atomic mass is 10.0. The standard InChI is InChI=1S/C15H15FO2/c1-4-12-5-6-13(18-12)15(17)11-7-9(2)14(16)10(3)8-11/h5-8H,4H2,1-3H3. The van der Waals surface area contributed by atoms with Gasteiger partial charge in [0.25, 0.3) is 0 Å². The van der Waals surface area contributed by atoms with Gasteiger partial charge in [0, 0.05) is 12.0 Å². The second kappa shape index (κ2) is 4.77. The van der Waals surface area contributed by atoms with Gasteiger partial charge in [0.05, 0.1) is 0 Å². The van der Waals surface area contributed by atoms with Gasteiger partial charge in [0.15, 0.2) is 5.76 Å². The van der Waals surface area contributed by atoms with Gasteiger partial charge in [-0.05, 0) is 49.2 Å². The van der Waals surface area contributed by atoms with E-state index in [1.54, 1.807) is 38.1 Å². The lowest BCUT2D eigenvalue weighted by Gasteiger charge is -2.04. The summed E-state index contributed by atoms with van der Waals surface area (Å²) in [7, 11) is 0. The number of carbonyl (C=O) groups is 1. The Morgan fingerprint density at radius 3 is 2.33 bits per heavy atom. The lowest BCUT2D eigenvalue weighted by molar-refractivity contribution is 0.101.